The minimum Gasteiger partial charge on any atom is -0.367 e. The van der Waals surface area contributed by atoms with Crippen molar-refractivity contribution in [1.29, 1.82) is 0 Å². The van der Waals surface area contributed by atoms with Crippen molar-refractivity contribution in [2.45, 2.75) is 19.3 Å². The highest BCUT2D eigenvalue weighted by molar-refractivity contribution is 14.0. The Kier molecular flexibility index (Phi) is 9.93. The number of pyridine rings is 1. The lowest BCUT2D eigenvalue weighted by atomic mass is 9.91. The van der Waals surface area contributed by atoms with Gasteiger partial charge < -0.3 is 21.3 Å². The first kappa shape index (κ1) is 24.5. The van der Waals surface area contributed by atoms with Crippen molar-refractivity contribution < 1.29 is 4.79 Å². The average Bonchev–Trinajstić information content (AvgIpc) is 2.70. The third-order valence-electron chi connectivity index (χ3n) is 4.44. The molecule has 0 saturated heterocycles. The summed E-state index contributed by atoms with van der Waals surface area (Å²) in [5, 5.41) is 13.6. The number of fused-ring (bicyclic) bond motifs is 1. The summed E-state index contributed by atoms with van der Waals surface area (Å²) in [4.78, 5) is 20.8. The third kappa shape index (κ3) is 6.88. The Morgan fingerprint density at radius 1 is 1.27 bits per heavy atom. The molecule has 0 spiro atoms. The van der Waals surface area contributed by atoms with Crippen molar-refractivity contribution in [3.05, 3.63) is 52.1 Å². The van der Waals surface area contributed by atoms with E-state index in [1.807, 2.05) is 31.2 Å². The molecule has 2 heterocycles. The first-order chi connectivity index (χ1) is 14.1. The Balaban J connectivity index is 0.00000320. The normalized spacial score (nSPS) is 15.5. The number of aromatic nitrogens is 1. The number of carbonyl (C=O) groups is 1. The van der Waals surface area contributed by atoms with Crippen LogP contribution in [0, 0.1) is 0 Å². The Labute approximate surface area is 203 Å². The maximum absolute atomic E-state index is 12.0. The lowest BCUT2D eigenvalue weighted by Gasteiger charge is -2.24. The van der Waals surface area contributed by atoms with Gasteiger partial charge >= 0.3 is 0 Å². The quantitative estimate of drug-likeness (QED) is 0.176. The Morgan fingerprint density at radius 3 is 2.83 bits per heavy atom. The molecule has 7 nitrogen and oxygen atoms in total. The van der Waals surface area contributed by atoms with Gasteiger partial charge in [0.1, 0.15) is 5.82 Å². The summed E-state index contributed by atoms with van der Waals surface area (Å²) in [7, 11) is 0. The van der Waals surface area contributed by atoms with E-state index >= 15 is 0 Å². The number of halogens is 3. The molecular formula is C20H25Cl2IN6O. The van der Waals surface area contributed by atoms with Crippen molar-refractivity contribution in [2.75, 3.05) is 36.8 Å². The maximum Gasteiger partial charge on any atom is 0.225 e. The molecule has 3 rings (SSSR count). The van der Waals surface area contributed by atoms with Gasteiger partial charge in [0.2, 0.25) is 5.91 Å². The summed E-state index contributed by atoms with van der Waals surface area (Å²) in [5.74, 6) is 1.38. The van der Waals surface area contributed by atoms with E-state index in [2.05, 4.69) is 31.2 Å². The van der Waals surface area contributed by atoms with Crippen LogP contribution >= 0.6 is 47.2 Å². The van der Waals surface area contributed by atoms with Crippen LogP contribution in [-0.2, 0) is 4.79 Å². The molecule has 1 aliphatic heterocycles. The number of nitrogens with one attached hydrogen (secondary N) is 4. The highest BCUT2D eigenvalue weighted by atomic mass is 127. The minimum absolute atomic E-state index is 0. The number of aliphatic imine (C=N–C) groups is 1. The molecule has 30 heavy (non-hydrogen) atoms. The van der Waals surface area contributed by atoms with E-state index in [-0.39, 0.29) is 35.8 Å². The summed E-state index contributed by atoms with van der Waals surface area (Å²) in [5.41, 5.74) is 2.00. The molecule has 4 N–H and O–H groups in total. The molecule has 0 bridgehead atoms. The van der Waals surface area contributed by atoms with E-state index in [1.165, 1.54) is 0 Å². The van der Waals surface area contributed by atoms with E-state index in [0.717, 1.165) is 17.8 Å². The van der Waals surface area contributed by atoms with Crippen molar-refractivity contribution in [1.82, 2.24) is 15.6 Å². The number of carbonyl (C=O) groups excluding carboxylic acids is 1. The van der Waals surface area contributed by atoms with Crippen LogP contribution < -0.4 is 21.3 Å². The fraction of sp³-hybridized carbons (Fsp3) is 0.350. The standard InChI is InChI=1S/C20H24Cl2N6O.HI/c1-2-23-20(25-8-7-24-19-16(22)10-14(21)12-26-19)27-11-13-9-18(29)28-17-6-4-3-5-15(13)17;/h3-6,10,12-13H,2,7-9,11H2,1H3,(H,24,26)(H,28,29)(H2,23,25,27);1H. The van der Waals surface area contributed by atoms with Crippen LogP contribution in [-0.4, -0.2) is 43.0 Å². The summed E-state index contributed by atoms with van der Waals surface area (Å²) < 4.78 is 0. The van der Waals surface area contributed by atoms with Crippen molar-refractivity contribution >= 4 is 70.6 Å². The summed E-state index contributed by atoms with van der Waals surface area (Å²) in [6.07, 6.45) is 1.98. The van der Waals surface area contributed by atoms with Gasteiger partial charge in [0.05, 0.1) is 16.6 Å². The molecule has 1 aliphatic rings. The number of hydrogen-bond acceptors (Lipinski definition) is 4. The molecule has 10 heteroatoms. The number of rotatable bonds is 7. The molecule has 1 atom stereocenters. The molecule has 0 saturated carbocycles. The van der Waals surface area contributed by atoms with Crippen molar-refractivity contribution in [2.24, 2.45) is 4.99 Å². The van der Waals surface area contributed by atoms with Gasteiger partial charge in [0.15, 0.2) is 5.96 Å². The molecule has 0 fully saturated rings. The molecule has 1 amide bonds. The van der Waals surface area contributed by atoms with E-state index in [4.69, 9.17) is 23.2 Å². The van der Waals surface area contributed by atoms with E-state index in [9.17, 15) is 4.79 Å². The van der Waals surface area contributed by atoms with Gasteiger partial charge in [0.25, 0.3) is 0 Å². The van der Waals surface area contributed by atoms with Crippen molar-refractivity contribution in [3.8, 4) is 0 Å². The van der Waals surface area contributed by atoms with E-state index in [1.54, 1.807) is 12.3 Å². The zero-order valence-electron chi connectivity index (χ0n) is 16.5. The number of nitrogens with zero attached hydrogens (tertiary/aromatic N) is 2. The van der Waals surface area contributed by atoms with Gasteiger partial charge in [-0.25, -0.2) is 4.98 Å². The van der Waals surface area contributed by atoms with Crippen LogP contribution in [0.3, 0.4) is 0 Å². The topological polar surface area (TPSA) is 90.4 Å². The lowest BCUT2D eigenvalue weighted by molar-refractivity contribution is -0.116. The first-order valence-corrected chi connectivity index (χ1v) is 10.3. The molecule has 162 valence electrons. The number of amides is 1. The van der Waals surface area contributed by atoms with Crippen LogP contribution in [0.25, 0.3) is 0 Å². The molecule has 1 aromatic heterocycles. The monoisotopic (exact) mass is 562 g/mol. The summed E-state index contributed by atoms with van der Waals surface area (Å²) in [6, 6.07) is 9.52. The first-order valence-electron chi connectivity index (χ1n) is 9.52. The van der Waals surface area contributed by atoms with E-state index in [0.29, 0.717) is 47.9 Å². The summed E-state index contributed by atoms with van der Waals surface area (Å²) >= 11 is 12.0. The van der Waals surface area contributed by atoms with Crippen molar-refractivity contribution in [3.63, 3.8) is 0 Å². The zero-order valence-corrected chi connectivity index (χ0v) is 20.4. The van der Waals surface area contributed by atoms with Gasteiger partial charge in [0, 0.05) is 43.9 Å². The fourth-order valence-electron chi connectivity index (χ4n) is 3.11. The highest BCUT2D eigenvalue weighted by Gasteiger charge is 2.24. The predicted molar refractivity (Wildman–Crippen MR) is 135 cm³/mol. The SMILES string of the molecule is CCNC(=NCC1CC(=O)Nc2ccccc21)NCCNc1ncc(Cl)cc1Cl.I. The number of para-hydroxylation sites is 1. The van der Waals surface area contributed by atoms with Crippen LogP contribution in [0.4, 0.5) is 11.5 Å². The van der Waals surface area contributed by atoms with Crippen LogP contribution in [0.1, 0.15) is 24.8 Å². The molecule has 0 radical (unpaired) electrons. The maximum atomic E-state index is 12.0. The largest absolute Gasteiger partial charge is 0.367 e. The second kappa shape index (κ2) is 12.2. The number of anilines is 2. The zero-order chi connectivity index (χ0) is 20.6. The van der Waals surface area contributed by atoms with Crippen LogP contribution in [0.2, 0.25) is 10.0 Å². The van der Waals surface area contributed by atoms with Crippen LogP contribution in [0.15, 0.2) is 41.5 Å². The van der Waals surface area contributed by atoms with Gasteiger partial charge in [-0.3, -0.25) is 9.79 Å². The average molecular weight is 563 g/mol. The Morgan fingerprint density at radius 2 is 2.07 bits per heavy atom. The Bertz CT molecular complexity index is 895. The second-order valence-corrected chi connectivity index (χ2v) is 7.44. The summed E-state index contributed by atoms with van der Waals surface area (Å²) in [6.45, 7) is 4.50. The fourth-order valence-corrected chi connectivity index (χ4v) is 3.56. The minimum atomic E-state index is 0. The van der Waals surface area contributed by atoms with E-state index < -0.39 is 0 Å². The Hall–Kier alpha value is -1.78. The molecule has 0 aliphatic carbocycles. The number of benzene rings is 1. The van der Waals surface area contributed by atoms with Crippen LogP contribution in [0.5, 0.6) is 0 Å². The molecule has 1 aromatic carbocycles. The smallest absolute Gasteiger partial charge is 0.225 e. The second-order valence-electron chi connectivity index (χ2n) is 6.59. The molecular weight excluding hydrogens is 538 g/mol. The van der Waals surface area contributed by atoms with Gasteiger partial charge in [-0.2, -0.15) is 0 Å². The third-order valence-corrected chi connectivity index (χ3v) is 4.93. The van der Waals surface area contributed by atoms with Gasteiger partial charge in [-0.1, -0.05) is 41.4 Å². The number of guanidine groups is 1. The molecule has 2 aromatic rings. The van der Waals surface area contributed by atoms with Gasteiger partial charge in [-0.05, 0) is 24.6 Å². The highest BCUT2D eigenvalue weighted by Crippen LogP contribution is 2.32. The lowest BCUT2D eigenvalue weighted by Crippen LogP contribution is -2.40. The number of hydrogen-bond donors (Lipinski definition) is 4. The van der Waals surface area contributed by atoms with Gasteiger partial charge in [-0.15, -0.1) is 24.0 Å². The molecule has 1 unspecified atom stereocenters. The predicted octanol–water partition coefficient (Wildman–Crippen LogP) is 4.10.